The molecule has 80 heavy (non-hydrogen) atoms. The second-order valence-corrected chi connectivity index (χ2v) is 40.4. The molecular formula is C75H75BN2Si2. The van der Waals surface area contributed by atoms with Gasteiger partial charge in [-0.3, -0.25) is 0 Å². The molecule has 396 valence electrons. The van der Waals surface area contributed by atoms with Crippen molar-refractivity contribution in [2.75, 3.05) is 0 Å². The van der Waals surface area contributed by atoms with E-state index in [1.807, 2.05) is 0 Å². The fourth-order valence-corrected chi connectivity index (χ4v) is 18.9. The van der Waals surface area contributed by atoms with Gasteiger partial charge in [0.15, 0.2) is 0 Å². The smallest absolute Gasteiger partial charge is 0.252 e. The maximum atomic E-state index is 2.84. The average Bonchev–Trinajstić information content (AvgIpc) is 3.91. The van der Waals surface area contributed by atoms with Crippen molar-refractivity contribution in [2.45, 2.75) is 136 Å². The molecule has 0 bridgehead atoms. The molecule has 5 heteroatoms. The van der Waals surface area contributed by atoms with Crippen LogP contribution in [0.2, 0.25) is 36.3 Å². The van der Waals surface area contributed by atoms with Crippen LogP contribution in [0, 0.1) is 0 Å². The van der Waals surface area contributed by atoms with E-state index in [1.54, 1.807) is 10.4 Å². The molecule has 5 heterocycles. The number of nitrogens with zero attached hydrogens (tertiary/aromatic N) is 2. The Balaban J connectivity index is 1.20. The van der Waals surface area contributed by atoms with Gasteiger partial charge in [-0.1, -0.05) is 277 Å². The third kappa shape index (κ3) is 6.21. The Labute approximate surface area is 477 Å². The summed E-state index contributed by atoms with van der Waals surface area (Å²) in [5.74, 6) is 0. The van der Waals surface area contributed by atoms with Crippen molar-refractivity contribution in [3.63, 3.8) is 0 Å². The number of fused-ring (bicyclic) bond motifs is 13. The lowest BCUT2D eigenvalue weighted by molar-refractivity contribution is 0.590. The van der Waals surface area contributed by atoms with E-state index in [2.05, 4.69) is 282 Å². The zero-order valence-electron chi connectivity index (χ0n) is 50.1. The van der Waals surface area contributed by atoms with E-state index >= 15 is 0 Å². The summed E-state index contributed by atoms with van der Waals surface area (Å²) in [4.78, 5) is 0. The van der Waals surface area contributed by atoms with E-state index in [4.69, 9.17) is 0 Å². The second-order valence-electron chi connectivity index (χ2n) is 29.8. The van der Waals surface area contributed by atoms with Gasteiger partial charge in [0.05, 0.1) is 38.3 Å². The van der Waals surface area contributed by atoms with Gasteiger partial charge in [-0.2, -0.15) is 0 Å². The molecule has 0 saturated heterocycles. The van der Waals surface area contributed by atoms with Gasteiger partial charge in [-0.05, 0) is 110 Å². The molecule has 2 nitrogen and oxygen atoms in total. The highest BCUT2D eigenvalue weighted by Crippen LogP contribution is 2.62. The van der Waals surface area contributed by atoms with Crippen LogP contribution in [0.4, 0.5) is 0 Å². The van der Waals surface area contributed by atoms with Gasteiger partial charge >= 0.3 is 0 Å². The molecule has 0 unspecified atom stereocenters. The van der Waals surface area contributed by atoms with Gasteiger partial charge < -0.3 is 9.13 Å². The molecule has 3 aliphatic heterocycles. The summed E-state index contributed by atoms with van der Waals surface area (Å²) < 4.78 is 5.61. The zero-order valence-corrected chi connectivity index (χ0v) is 52.1. The summed E-state index contributed by atoms with van der Waals surface area (Å²) in [5.41, 5.74) is 26.7. The minimum Gasteiger partial charge on any atom is -0.310 e. The van der Waals surface area contributed by atoms with E-state index in [9.17, 15) is 0 Å². The Kier molecular flexibility index (Phi) is 9.85. The molecule has 0 atom stereocenters. The molecule has 0 saturated carbocycles. The molecule has 1 spiro atoms. The van der Waals surface area contributed by atoms with Crippen LogP contribution in [-0.4, -0.2) is 32.0 Å². The van der Waals surface area contributed by atoms with Crippen LogP contribution in [0.15, 0.2) is 164 Å². The molecule has 0 fully saturated rings. The maximum Gasteiger partial charge on any atom is 0.252 e. The molecule has 9 aromatic carbocycles. The standard InChI is InChI=1S/C75H75BN2Si2/c1-71(2,3)47-33-29-44(30-34-47)63-64-51-24-18-17-23-46(51)39-60-70(64)77(66(63)45-31-35-48(36-32-45)72(4,5)6)62-38-37-58-69-65(62)76(60)61-43-50(80(15,16)74(10,11)12)41-55-54-40-49(79(13,14)73(7,8)9)42-59(67(54)78(69)68(55)61)75(58)56-27-21-19-25-52(56)53-26-20-22-28-57(53)75/h17-43H,1-16H3. The highest BCUT2D eigenvalue weighted by atomic mass is 28.3. The van der Waals surface area contributed by atoms with Crippen molar-refractivity contribution in [1.29, 1.82) is 0 Å². The van der Waals surface area contributed by atoms with E-state index in [1.165, 1.54) is 138 Å². The third-order valence-corrected chi connectivity index (χ3v) is 32.5. The van der Waals surface area contributed by atoms with Crippen molar-refractivity contribution < 1.29 is 0 Å². The van der Waals surface area contributed by atoms with Gasteiger partial charge in [0.2, 0.25) is 0 Å². The molecule has 15 rings (SSSR count). The minimum absolute atomic E-state index is 0.0147. The van der Waals surface area contributed by atoms with Crippen molar-refractivity contribution >= 4 is 93.1 Å². The molecular weight excluding hydrogens is 996 g/mol. The Bertz CT molecular complexity index is 4500. The van der Waals surface area contributed by atoms with Crippen LogP contribution in [0.3, 0.4) is 0 Å². The summed E-state index contributed by atoms with van der Waals surface area (Å²) in [6, 6.07) is 66.3. The topological polar surface area (TPSA) is 9.86 Å². The lowest BCUT2D eigenvalue weighted by Crippen LogP contribution is -2.62. The van der Waals surface area contributed by atoms with Gasteiger partial charge in [0.25, 0.3) is 6.71 Å². The number of benzene rings is 9. The van der Waals surface area contributed by atoms with Crippen LogP contribution in [-0.2, 0) is 16.2 Å². The van der Waals surface area contributed by atoms with Gasteiger partial charge in [-0.25, -0.2) is 0 Å². The minimum atomic E-state index is -2.15. The van der Waals surface area contributed by atoms with Crippen LogP contribution >= 0.6 is 0 Å². The molecule has 4 aliphatic rings. The highest BCUT2D eigenvalue weighted by Gasteiger charge is 2.56. The number of hydrogen-bond donors (Lipinski definition) is 0. The zero-order chi connectivity index (χ0) is 55.9. The fourth-order valence-electron chi connectivity index (χ4n) is 15.2. The predicted octanol–water partition coefficient (Wildman–Crippen LogP) is 17.1. The second kappa shape index (κ2) is 15.7. The largest absolute Gasteiger partial charge is 0.310 e. The van der Waals surface area contributed by atoms with Gasteiger partial charge in [0, 0.05) is 38.6 Å². The summed E-state index contributed by atoms with van der Waals surface area (Å²) in [7, 11) is -4.29. The Morgan fingerprint density at radius 3 is 1.51 bits per heavy atom. The van der Waals surface area contributed by atoms with Crippen LogP contribution < -0.4 is 26.8 Å². The van der Waals surface area contributed by atoms with Crippen molar-refractivity contribution in [3.05, 3.63) is 197 Å². The molecule has 0 radical (unpaired) electrons. The lowest BCUT2D eigenvalue weighted by atomic mass is 9.33. The quantitative estimate of drug-likeness (QED) is 0.156. The van der Waals surface area contributed by atoms with Gasteiger partial charge in [-0.15, -0.1) is 0 Å². The Hall–Kier alpha value is -6.92. The molecule has 2 aromatic heterocycles. The summed E-state index contributed by atoms with van der Waals surface area (Å²) >= 11 is 0. The highest BCUT2D eigenvalue weighted by molar-refractivity contribution is 7.01. The van der Waals surface area contributed by atoms with E-state index in [0.717, 1.165) is 0 Å². The number of aromatic nitrogens is 2. The normalized spacial score (nSPS) is 15.1. The van der Waals surface area contributed by atoms with Crippen molar-refractivity contribution in [3.8, 4) is 44.9 Å². The first kappa shape index (κ1) is 50.1. The van der Waals surface area contributed by atoms with Crippen molar-refractivity contribution in [1.82, 2.24) is 9.13 Å². The van der Waals surface area contributed by atoms with Crippen LogP contribution in [0.1, 0.15) is 116 Å². The predicted molar refractivity (Wildman–Crippen MR) is 353 cm³/mol. The first-order chi connectivity index (χ1) is 37.8. The summed E-state index contributed by atoms with van der Waals surface area (Å²) in [6.07, 6.45) is 0. The summed E-state index contributed by atoms with van der Waals surface area (Å²) in [5, 5.41) is 10.1. The number of rotatable bonds is 4. The van der Waals surface area contributed by atoms with E-state index < -0.39 is 21.6 Å². The molecule has 0 amide bonds. The molecule has 11 aromatic rings. The Morgan fingerprint density at radius 2 is 0.938 bits per heavy atom. The lowest BCUT2D eigenvalue weighted by Gasteiger charge is -2.45. The third-order valence-electron chi connectivity index (χ3n) is 21.6. The average molecular weight is 1070 g/mol. The fraction of sp³-hybridized carbons (Fsp3) is 0.280. The van der Waals surface area contributed by atoms with Crippen LogP contribution in [0.5, 0.6) is 0 Å². The number of hydrogen-bond acceptors (Lipinski definition) is 0. The van der Waals surface area contributed by atoms with Gasteiger partial charge in [0.1, 0.15) is 0 Å². The monoisotopic (exact) mass is 1070 g/mol. The van der Waals surface area contributed by atoms with E-state index in [-0.39, 0.29) is 27.6 Å². The van der Waals surface area contributed by atoms with Crippen molar-refractivity contribution in [2.24, 2.45) is 0 Å². The first-order valence-corrected chi connectivity index (χ1v) is 35.6. The molecule has 0 N–H and O–H groups in total. The first-order valence-electron chi connectivity index (χ1n) is 29.6. The maximum absolute atomic E-state index is 2.84. The van der Waals surface area contributed by atoms with E-state index in [0.29, 0.717) is 0 Å². The molecule has 1 aliphatic carbocycles. The SMILES string of the molecule is CC(C)(C)c1ccc(-c2c(-c3ccc(C(C)(C)C)cc3)n3c4c(cc5ccccc5c24)B2c4c-3ccc3c4-n4c5c2cc([Si](C)(C)C(C)(C)C)cc5c2cc([Si](C)(C)C(C)(C)C)cc(c24)C32c3ccccc3-c3ccccc32)cc1. The summed E-state index contributed by atoms with van der Waals surface area (Å²) in [6.45, 7) is 39.5. The van der Waals surface area contributed by atoms with Crippen LogP contribution in [0.25, 0.3) is 88.4 Å². The Morgan fingerprint density at radius 1 is 0.425 bits per heavy atom.